The van der Waals surface area contributed by atoms with Crippen LogP contribution in [0.15, 0.2) is 0 Å². The van der Waals surface area contributed by atoms with Gasteiger partial charge in [0.1, 0.15) is 6.10 Å². The Hall–Kier alpha value is -0.770. The van der Waals surface area contributed by atoms with Crippen LogP contribution in [-0.4, -0.2) is 25.3 Å². The van der Waals surface area contributed by atoms with Gasteiger partial charge >= 0.3 is 6.09 Å². The van der Waals surface area contributed by atoms with Crippen molar-refractivity contribution in [3.63, 3.8) is 0 Å². The number of hydrogen-bond acceptors (Lipinski definition) is 3. The highest BCUT2D eigenvalue weighted by Crippen LogP contribution is 2.24. The molecule has 0 spiro atoms. The van der Waals surface area contributed by atoms with Crippen LogP contribution in [0.25, 0.3) is 0 Å². The highest BCUT2D eigenvalue weighted by Gasteiger charge is 2.23. The number of nitrogens with two attached hydrogens (primary N) is 1. The first kappa shape index (κ1) is 12.3. The van der Waals surface area contributed by atoms with Gasteiger partial charge in [-0.05, 0) is 38.0 Å². The van der Waals surface area contributed by atoms with Crippen molar-refractivity contribution in [3.05, 3.63) is 0 Å². The minimum Gasteiger partial charge on any atom is -0.446 e. The lowest BCUT2D eigenvalue weighted by molar-refractivity contribution is 0.0525. The first-order chi connectivity index (χ1) is 7.13. The lowest BCUT2D eigenvalue weighted by atomic mass is 9.88. The zero-order chi connectivity index (χ0) is 11.3. The number of nitrogens with one attached hydrogen (secondary N) is 1. The van der Waals surface area contributed by atoms with Crippen molar-refractivity contribution in [1.82, 2.24) is 5.32 Å². The van der Waals surface area contributed by atoms with Crippen LogP contribution < -0.4 is 11.1 Å². The van der Waals surface area contributed by atoms with E-state index in [4.69, 9.17) is 10.5 Å². The minimum atomic E-state index is -0.322. The monoisotopic (exact) mass is 214 g/mol. The van der Waals surface area contributed by atoms with E-state index in [1.807, 2.05) is 0 Å². The molecule has 4 nitrogen and oxygen atoms in total. The van der Waals surface area contributed by atoms with Gasteiger partial charge in [-0.2, -0.15) is 0 Å². The van der Waals surface area contributed by atoms with Crippen molar-refractivity contribution >= 4 is 6.09 Å². The standard InChI is InChI=1S/C11H22N2O2/c1-8-6-7-9(12)4-3-5-10(8)15-11(14)13-2/h8-10H,3-7,12H2,1-2H3,(H,13,14). The summed E-state index contributed by atoms with van der Waals surface area (Å²) in [6, 6.07) is 0.327. The van der Waals surface area contributed by atoms with Crippen molar-refractivity contribution in [2.24, 2.45) is 11.7 Å². The maximum absolute atomic E-state index is 11.1. The molecule has 3 atom stereocenters. The zero-order valence-corrected chi connectivity index (χ0v) is 9.66. The molecule has 0 aromatic heterocycles. The molecular formula is C11H22N2O2. The first-order valence-corrected chi connectivity index (χ1v) is 5.77. The number of amides is 1. The summed E-state index contributed by atoms with van der Waals surface area (Å²) in [4.78, 5) is 11.1. The van der Waals surface area contributed by atoms with Crippen LogP contribution in [0.3, 0.4) is 0 Å². The van der Waals surface area contributed by atoms with Crippen LogP contribution in [0.1, 0.15) is 39.0 Å². The van der Waals surface area contributed by atoms with Gasteiger partial charge in [0, 0.05) is 13.1 Å². The molecule has 1 rings (SSSR count). The molecule has 0 radical (unpaired) electrons. The van der Waals surface area contributed by atoms with Crippen molar-refractivity contribution in [1.29, 1.82) is 0 Å². The van der Waals surface area contributed by atoms with Gasteiger partial charge in [-0.25, -0.2) is 4.79 Å². The maximum Gasteiger partial charge on any atom is 0.407 e. The van der Waals surface area contributed by atoms with Crippen LogP contribution in [-0.2, 0) is 4.74 Å². The highest BCUT2D eigenvalue weighted by atomic mass is 16.6. The van der Waals surface area contributed by atoms with E-state index >= 15 is 0 Å². The van der Waals surface area contributed by atoms with Crippen molar-refractivity contribution in [2.45, 2.75) is 51.2 Å². The first-order valence-electron chi connectivity index (χ1n) is 5.77. The fraction of sp³-hybridized carbons (Fsp3) is 0.909. The van der Waals surface area contributed by atoms with Crippen LogP contribution in [0.5, 0.6) is 0 Å². The average Bonchev–Trinajstić information content (AvgIpc) is 2.22. The van der Waals surface area contributed by atoms with Gasteiger partial charge in [-0.1, -0.05) is 6.92 Å². The van der Waals surface area contributed by atoms with Crippen LogP contribution in [0.2, 0.25) is 0 Å². The fourth-order valence-electron chi connectivity index (χ4n) is 2.04. The third kappa shape index (κ3) is 4.08. The number of ether oxygens (including phenoxy) is 1. The number of rotatable bonds is 1. The SMILES string of the molecule is CNC(=O)OC1CCCC(N)CCC1C. The van der Waals surface area contributed by atoms with E-state index in [1.54, 1.807) is 7.05 Å². The molecule has 1 saturated carbocycles. The largest absolute Gasteiger partial charge is 0.446 e. The summed E-state index contributed by atoms with van der Waals surface area (Å²) in [5.41, 5.74) is 5.92. The van der Waals surface area contributed by atoms with Gasteiger partial charge < -0.3 is 15.8 Å². The summed E-state index contributed by atoms with van der Waals surface area (Å²) in [6.07, 6.45) is 4.84. The van der Waals surface area contributed by atoms with E-state index in [0.717, 1.165) is 32.1 Å². The molecule has 0 aromatic carbocycles. The van der Waals surface area contributed by atoms with Gasteiger partial charge in [0.25, 0.3) is 0 Å². The number of alkyl carbamates (subject to hydrolysis) is 1. The van der Waals surface area contributed by atoms with Crippen LogP contribution in [0, 0.1) is 5.92 Å². The number of carbonyl (C=O) groups excluding carboxylic acids is 1. The summed E-state index contributed by atoms with van der Waals surface area (Å²) in [5.74, 6) is 0.411. The molecule has 3 unspecified atom stereocenters. The Morgan fingerprint density at radius 1 is 1.33 bits per heavy atom. The number of carbonyl (C=O) groups is 1. The maximum atomic E-state index is 11.1. The third-order valence-corrected chi connectivity index (χ3v) is 3.15. The predicted molar refractivity (Wildman–Crippen MR) is 59.6 cm³/mol. The quantitative estimate of drug-likeness (QED) is 0.697. The van der Waals surface area contributed by atoms with Gasteiger partial charge in [0.2, 0.25) is 0 Å². The van der Waals surface area contributed by atoms with E-state index in [2.05, 4.69) is 12.2 Å². The molecule has 4 heteroatoms. The molecule has 0 aromatic rings. The Bertz CT molecular complexity index is 209. The second-order valence-electron chi connectivity index (χ2n) is 4.44. The summed E-state index contributed by atoms with van der Waals surface area (Å²) in [5, 5.41) is 2.49. The molecule has 15 heavy (non-hydrogen) atoms. The van der Waals surface area contributed by atoms with E-state index in [0.29, 0.717) is 12.0 Å². The Kier molecular flexibility index (Phi) is 4.88. The van der Waals surface area contributed by atoms with Crippen LogP contribution >= 0.6 is 0 Å². The van der Waals surface area contributed by atoms with Crippen molar-refractivity contribution in [3.8, 4) is 0 Å². The van der Waals surface area contributed by atoms with Gasteiger partial charge in [0.15, 0.2) is 0 Å². The molecule has 0 aliphatic heterocycles. The van der Waals surface area contributed by atoms with Gasteiger partial charge in [-0.3, -0.25) is 0 Å². The summed E-state index contributed by atoms with van der Waals surface area (Å²) in [6.45, 7) is 2.13. The molecule has 1 aliphatic carbocycles. The fourth-order valence-corrected chi connectivity index (χ4v) is 2.04. The van der Waals surface area contributed by atoms with Crippen molar-refractivity contribution in [2.75, 3.05) is 7.05 Å². The Balaban J connectivity index is 2.44. The average molecular weight is 214 g/mol. The summed E-state index contributed by atoms with van der Waals surface area (Å²) < 4.78 is 5.33. The molecule has 88 valence electrons. The van der Waals surface area contributed by atoms with Gasteiger partial charge in [-0.15, -0.1) is 0 Å². The normalized spacial score (nSPS) is 32.6. The second-order valence-corrected chi connectivity index (χ2v) is 4.44. The lowest BCUT2D eigenvalue weighted by Crippen LogP contribution is -2.33. The van der Waals surface area contributed by atoms with Crippen LogP contribution in [0.4, 0.5) is 4.79 Å². The Morgan fingerprint density at radius 3 is 2.73 bits per heavy atom. The van der Waals surface area contributed by atoms with E-state index in [1.165, 1.54) is 0 Å². The molecule has 0 saturated heterocycles. The minimum absolute atomic E-state index is 0.0532. The van der Waals surface area contributed by atoms with E-state index < -0.39 is 0 Å². The molecule has 3 N–H and O–H groups in total. The summed E-state index contributed by atoms with van der Waals surface area (Å²) >= 11 is 0. The Labute approximate surface area is 91.5 Å². The lowest BCUT2D eigenvalue weighted by Gasteiger charge is -2.28. The smallest absolute Gasteiger partial charge is 0.407 e. The second kappa shape index (κ2) is 5.95. The Morgan fingerprint density at radius 2 is 2.07 bits per heavy atom. The van der Waals surface area contributed by atoms with E-state index in [-0.39, 0.29) is 12.2 Å². The van der Waals surface area contributed by atoms with Gasteiger partial charge in [0.05, 0.1) is 0 Å². The molecule has 1 amide bonds. The molecule has 0 heterocycles. The zero-order valence-electron chi connectivity index (χ0n) is 9.66. The third-order valence-electron chi connectivity index (χ3n) is 3.15. The molecular weight excluding hydrogens is 192 g/mol. The molecule has 1 aliphatic rings. The van der Waals surface area contributed by atoms with E-state index in [9.17, 15) is 4.79 Å². The number of hydrogen-bond donors (Lipinski definition) is 2. The summed E-state index contributed by atoms with van der Waals surface area (Å²) in [7, 11) is 1.59. The molecule has 0 bridgehead atoms. The topological polar surface area (TPSA) is 64.3 Å². The highest BCUT2D eigenvalue weighted by molar-refractivity contribution is 5.66. The predicted octanol–water partition coefficient (Wildman–Crippen LogP) is 1.64. The molecule has 1 fully saturated rings. The van der Waals surface area contributed by atoms with Crippen molar-refractivity contribution < 1.29 is 9.53 Å².